The summed E-state index contributed by atoms with van der Waals surface area (Å²) in [7, 11) is 1.98. The van der Waals surface area contributed by atoms with E-state index in [4.69, 9.17) is 4.98 Å². The van der Waals surface area contributed by atoms with Crippen molar-refractivity contribution in [3.05, 3.63) is 47.7 Å². The number of rotatable bonds is 4. The van der Waals surface area contributed by atoms with Crippen LogP contribution in [0.5, 0.6) is 0 Å². The van der Waals surface area contributed by atoms with Crippen molar-refractivity contribution in [1.82, 2.24) is 24.2 Å². The van der Waals surface area contributed by atoms with Gasteiger partial charge in [-0.3, -0.25) is 4.79 Å². The minimum Gasteiger partial charge on any atom is -0.350 e. The quantitative estimate of drug-likeness (QED) is 0.710. The second-order valence-corrected chi connectivity index (χ2v) is 7.89. The standard InChI is InChI=1S/C21H27N5O/c1-14(2)9-10-19-22-20-15(3)25(11-12-26(20)23-19)21(27)17-13-24(4)18-8-6-5-7-16(17)18/h5-8,13-15H,9-12H2,1-4H3/t15-/m1/s1. The summed E-state index contributed by atoms with van der Waals surface area (Å²) in [6, 6.07) is 7.97. The molecule has 0 radical (unpaired) electrons. The van der Waals surface area contributed by atoms with E-state index in [2.05, 4.69) is 25.9 Å². The van der Waals surface area contributed by atoms with Gasteiger partial charge < -0.3 is 9.47 Å². The van der Waals surface area contributed by atoms with Crippen LogP contribution in [0.2, 0.25) is 0 Å². The summed E-state index contributed by atoms with van der Waals surface area (Å²) < 4.78 is 4.00. The maximum Gasteiger partial charge on any atom is 0.256 e. The molecule has 0 saturated carbocycles. The summed E-state index contributed by atoms with van der Waals surface area (Å²) in [5, 5.41) is 5.66. The number of fused-ring (bicyclic) bond motifs is 2. The van der Waals surface area contributed by atoms with Crippen molar-refractivity contribution >= 4 is 16.8 Å². The van der Waals surface area contributed by atoms with Gasteiger partial charge in [0.15, 0.2) is 5.82 Å². The van der Waals surface area contributed by atoms with Crippen molar-refractivity contribution < 1.29 is 4.79 Å². The van der Waals surface area contributed by atoms with Crippen LogP contribution in [0.25, 0.3) is 10.9 Å². The summed E-state index contributed by atoms with van der Waals surface area (Å²) in [5.74, 6) is 2.49. The van der Waals surface area contributed by atoms with Crippen molar-refractivity contribution in [2.24, 2.45) is 13.0 Å². The van der Waals surface area contributed by atoms with Gasteiger partial charge in [0, 0.05) is 37.1 Å². The average molecular weight is 365 g/mol. The van der Waals surface area contributed by atoms with Gasteiger partial charge in [0.25, 0.3) is 5.91 Å². The first-order chi connectivity index (χ1) is 13.0. The normalized spacial score (nSPS) is 16.9. The fraction of sp³-hybridized carbons (Fsp3) is 0.476. The molecule has 1 aromatic carbocycles. The third-order valence-corrected chi connectivity index (χ3v) is 5.47. The molecular weight excluding hydrogens is 338 g/mol. The molecule has 1 amide bonds. The topological polar surface area (TPSA) is 56.0 Å². The van der Waals surface area contributed by atoms with E-state index in [-0.39, 0.29) is 11.9 Å². The molecule has 0 spiro atoms. The maximum absolute atomic E-state index is 13.3. The van der Waals surface area contributed by atoms with E-state index in [1.807, 2.05) is 51.7 Å². The first-order valence-electron chi connectivity index (χ1n) is 9.74. The van der Waals surface area contributed by atoms with E-state index in [1.165, 1.54) is 0 Å². The highest BCUT2D eigenvalue weighted by Gasteiger charge is 2.32. The molecule has 4 rings (SSSR count). The van der Waals surface area contributed by atoms with Crippen LogP contribution < -0.4 is 0 Å². The fourth-order valence-corrected chi connectivity index (χ4v) is 3.88. The van der Waals surface area contributed by atoms with Gasteiger partial charge in [0.2, 0.25) is 0 Å². The largest absolute Gasteiger partial charge is 0.350 e. The molecule has 1 aliphatic rings. The Balaban J connectivity index is 1.61. The van der Waals surface area contributed by atoms with Gasteiger partial charge in [0.05, 0.1) is 18.2 Å². The molecule has 2 aromatic heterocycles. The Labute approximate surface area is 159 Å². The van der Waals surface area contributed by atoms with Crippen molar-refractivity contribution in [2.45, 2.75) is 46.2 Å². The Bertz CT molecular complexity index is 984. The lowest BCUT2D eigenvalue weighted by molar-refractivity contribution is 0.0632. The second-order valence-electron chi connectivity index (χ2n) is 7.89. The Morgan fingerprint density at radius 1 is 1.26 bits per heavy atom. The zero-order chi connectivity index (χ0) is 19.1. The summed E-state index contributed by atoms with van der Waals surface area (Å²) in [5.41, 5.74) is 1.83. The number of carbonyl (C=O) groups is 1. The van der Waals surface area contributed by atoms with Crippen molar-refractivity contribution in [2.75, 3.05) is 6.54 Å². The van der Waals surface area contributed by atoms with E-state index in [1.54, 1.807) is 0 Å². The molecule has 27 heavy (non-hydrogen) atoms. The van der Waals surface area contributed by atoms with Gasteiger partial charge >= 0.3 is 0 Å². The number of aromatic nitrogens is 4. The van der Waals surface area contributed by atoms with Gasteiger partial charge in [0.1, 0.15) is 5.82 Å². The van der Waals surface area contributed by atoms with Crippen LogP contribution in [-0.4, -0.2) is 36.7 Å². The van der Waals surface area contributed by atoms with E-state index in [9.17, 15) is 4.79 Å². The monoisotopic (exact) mass is 365 g/mol. The number of amides is 1. The SMILES string of the molecule is CC(C)CCc1nc2n(n1)CCN(C(=O)c1cn(C)c3ccccc13)[C@@H]2C. The molecule has 1 atom stereocenters. The molecule has 0 bridgehead atoms. The third kappa shape index (κ3) is 3.13. The molecule has 0 saturated heterocycles. The number of aryl methyl sites for hydroxylation is 2. The maximum atomic E-state index is 13.3. The van der Waals surface area contributed by atoms with E-state index in [0.717, 1.165) is 41.0 Å². The number of benzene rings is 1. The zero-order valence-electron chi connectivity index (χ0n) is 16.5. The Hall–Kier alpha value is -2.63. The van der Waals surface area contributed by atoms with Gasteiger partial charge in [-0.2, -0.15) is 5.10 Å². The van der Waals surface area contributed by atoms with Crippen LogP contribution in [-0.2, 0) is 20.0 Å². The highest BCUT2D eigenvalue weighted by molar-refractivity contribution is 6.07. The van der Waals surface area contributed by atoms with E-state index < -0.39 is 0 Å². The second kappa shape index (κ2) is 6.83. The highest BCUT2D eigenvalue weighted by atomic mass is 16.2. The van der Waals surface area contributed by atoms with Gasteiger partial charge in [-0.15, -0.1) is 0 Å². The predicted molar refractivity (Wildman–Crippen MR) is 106 cm³/mol. The third-order valence-electron chi connectivity index (χ3n) is 5.47. The molecule has 0 aliphatic carbocycles. The molecule has 0 fully saturated rings. The van der Waals surface area contributed by atoms with E-state index >= 15 is 0 Å². The molecule has 3 heterocycles. The van der Waals surface area contributed by atoms with Crippen molar-refractivity contribution in [3.8, 4) is 0 Å². The zero-order valence-corrected chi connectivity index (χ0v) is 16.5. The lowest BCUT2D eigenvalue weighted by Gasteiger charge is -2.32. The van der Waals surface area contributed by atoms with Crippen LogP contribution in [0.1, 0.15) is 55.2 Å². The molecule has 0 N–H and O–H groups in total. The molecule has 6 heteroatoms. The summed E-state index contributed by atoms with van der Waals surface area (Å²) in [6.45, 7) is 7.83. The van der Waals surface area contributed by atoms with Crippen LogP contribution in [0, 0.1) is 5.92 Å². The summed E-state index contributed by atoms with van der Waals surface area (Å²) in [6.07, 6.45) is 3.91. The minimum atomic E-state index is -0.0782. The first kappa shape index (κ1) is 17.8. The Morgan fingerprint density at radius 2 is 2.04 bits per heavy atom. The van der Waals surface area contributed by atoms with Crippen molar-refractivity contribution in [1.29, 1.82) is 0 Å². The number of hydrogen-bond donors (Lipinski definition) is 0. The molecule has 6 nitrogen and oxygen atoms in total. The van der Waals surface area contributed by atoms with Gasteiger partial charge in [-0.25, -0.2) is 9.67 Å². The predicted octanol–water partition coefficient (Wildman–Crippen LogP) is 3.58. The fourth-order valence-electron chi connectivity index (χ4n) is 3.88. The molecule has 3 aromatic rings. The van der Waals surface area contributed by atoms with E-state index in [0.29, 0.717) is 19.0 Å². The van der Waals surface area contributed by atoms with Gasteiger partial charge in [-0.1, -0.05) is 32.0 Å². The van der Waals surface area contributed by atoms with Crippen molar-refractivity contribution in [3.63, 3.8) is 0 Å². The lowest BCUT2D eigenvalue weighted by Crippen LogP contribution is -2.41. The molecule has 0 unspecified atom stereocenters. The number of nitrogens with zero attached hydrogens (tertiary/aromatic N) is 5. The first-order valence-corrected chi connectivity index (χ1v) is 9.74. The average Bonchev–Trinajstić information content (AvgIpc) is 3.22. The van der Waals surface area contributed by atoms with Crippen LogP contribution in [0.15, 0.2) is 30.5 Å². The molecule has 142 valence electrons. The van der Waals surface area contributed by atoms with Crippen LogP contribution >= 0.6 is 0 Å². The minimum absolute atomic E-state index is 0.0669. The molecular formula is C21H27N5O. The number of para-hydroxylation sites is 1. The van der Waals surface area contributed by atoms with Crippen LogP contribution in [0.3, 0.4) is 0 Å². The highest BCUT2D eigenvalue weighted by Crippen LogP contribution is 2.28. The smallest absolute Gasteiger partial charge is 0.256 e. The number of hydrogen-bond acceptors (Lipinski definition) is 3. The Morgan fingerprint density at radius 3 is 2.81 bits per heavy atom. The Kier molecular flexibility index (Phi) is 4.50. The lowest BCUT2D eigenvalue weighted by atomic mass is 10.1. The van der Waals surface area contributed by atoms with Crippen LogP contribution in [0.4, 0.5) is 0 Å². The number of carbonyl (C=O) groups excluding carboxylic acids is 1. The van der Waals surface area contributed by atoms with Gasteiger partial charge in [-0.05, 0) is 25.3 Å². The summed E-state index contributed by atoms with van der Waals surface area (Å²) >= 11 is 0. The summed E-state index contributed by atoms with van der Waals surface area (Å²) in [4.78, 5) is 20.0. The molecule has 1 aliphatic heterocycles.